The molecule has 1 aliphatic carbocycles. The third-order valence-corrected chi connectivity index (χ3v) is 9.01. The molecule has 1 saturated carbocycles. The molecule has 5 rings (SSSR count). The molecule has 0 radical (unpaired) electrons. The van der Waals surface area contributed by atoms with Crippen LogP contribution < -0.4 is 27.0 Å². The summed E-state index contributed by atoms with van der Waals surface area (Å²) in [5.74, 6) is 1.21. The van der Waals surface area contributed by atoms with Crippen LogP contribution >= 0.6 is 0 Å². The minimum absolute atomic E-state index is 0.0617. The van der Waals surface area contributed by atoms with E-state index >= 15 is 0 Å². The molecule has 14 nitrogen and oxygen atoms in total. The van der Waals surface area contributed by atoms with Gasteiger partial charge in [-0.2, -0.15) is 9.97 Å². The molecular formula is C33H50N10O4. The van der Waals surface area contributed by atoms with E-state index in [2.05, 4.69) is 36.4 Å². The average Bonchev–Trinajstić information content (AvgIpc) is 3.55. The van der Waals surface area contributed by atoms with Gasteiger partial charge in [-0.15, -0.1) is 0 Å². The Hall–Kier alpha value is -3.88. The predicted octanol–water partition coefficient (Wildman–Crippen LogP) is 3.05. The number of carbonyl (C=O) groups excluding carboxylic acids is 1. The summed E-state index contributed by atoms with van der Waals surface area (Å²) in [7, 11) is 0. The first kappa shape index (κ1) is 34.5. The van der Waals surface area contributed by atoms with Gasteiger partial charge in [0.1, 0.15) is 11.9 Å². The number of carbonyl (C=O) groups is 2. The Balaban J connectivity index is 1.03. The summed E-state index contributed by atoms with van der Waals surface area (Å²) in [6, 6.07) is 7.66. The first-order valence-electron chi connectivity index (χ1n) is 17.2. The molecule has 2 aliphatic rings. The fraction of sp³-hybridized carbons (Fsp3) is 0.636. The number of carboxylic acid groups (broad SMARTS) is 1. The highest BCUT2D eigenvalue weighted by Crippen LogP contribution is 2.25. The molecule has 1 aromatic carbocycles. The van der Waals surface area contributed by atoms with Crippen LogP contribution in [0.4, 0.5) is 11.8 Å². The normalized spacial score (nSPS) is 16.7. The van der Waals surface area contributed by atoms with Crippen LogP contribution in [0.25, 0.3) is 10.9 Å². The number of para-hydroxylation sites is 1. The second-order valence-electron chi connectivity index (χ2n) is 12.6. The fourth-order valence-corrected chi connectivity index (χ4v) is 6.23. The van der Waals surface area contributed by atoms with Gasteiger partial charge in [0.15, 0.2) is 5.82 Å². The molecule has 1 saturated heterocycles. The molecule has 1 amide bonds. The molecular weight excluding hydrogens is 600 g/mol. The number of rotatable bonds is 18. The lowest BCUT2D eigenvalue weighted by molar-refractivity contribution is -0.139. The second-order valence-corrected chi connectivity index (χ2v) is 12.6. The number of aromatic nitrogens is 4. The van der Waals surface area contributed by atoms with Gasteiger partial charge in [0.25, 0.3) is 0 Å². The van der Waals surface area contributed by atoms with E-state index in [9.17, 15) is 9.59 Å². The number of nitrogens with two attached hydrogens (primary N) is 1. The molecule has 0 bridgehead atoms. The van der Waals surface area contributed by atoms with Gasteiger partial charge < -0.3 is 41.5 Å². The number of carboxylic acids is 1. The molecule has 1 atom stereocenters. The first-order chi connectivity index (χ1) is 22.9. The Morgan fingerprint density at radius 1 is 0.979 bits per heavy atom. The second kappa shape index (κ2) is 17.9. The summed E-state index contributed by atoms with van der Waals surface area (Å²) in [5.41, 5.74) is 6.36. The summed E-state index contributed by atoms with van der Waals surface area (Å²) in [4.78, 5) is 39.3. The Morgan fingerprint density at radius 3 is 2.57 bits per heavy atom. The monoisotopic (exact) mass is 650 g/mol. The molecule has 256 valence electrons. The third kappa shape index (κ3) is 10.8. The average molecular weight is 651 g/mol. The predicted molar refractivity (Wildman–Crippen MR) is 180 cm³/mol. The summed E-state index contributed by atoms with van der Waals surface area (Å²) < 4.78 is 5.47. The van der Waals surface area contributed by atoms with Crippen LogP contribution in [0.3, 0.4) is 0 Å². The summed E-state index contributed by atoms with van der Waals surface area (Å²) >= 11 is 0. The number of nitrogens with one attached hydrogen (secondary N) is 4. The molecule has 14 heteroatoms. The molecule has 3 heterocycles. The summed E-state index contributed by atoms with van der Waals surface area (Å²) in [6.45, 7) is 4.50. The smallest absolute Gasteiger partial charge is 0.320 e. The van der Waals surface area contributed by atoms with Gasteiger partial charge in [0.2, 0.25) is 17.7 Å². The van der Waals surface area contributed by atoms with Gasteiger partial charge in [-0.1, -0.05) is 36.6 Å². The topological polar surface area (TPSA) is 196 Å². The SMILES string of the molecule is N[C@@H](CCC(=O)N1CCC(Nc2nc(NCc3noc(CCCNCCCNC4CCCCC4)n3)nc3ccccc23)CC1)C(=O)O. The number of aliphatic carboxylic acids is 1. The van der Waals surface area contributed by atoms with E-state index in [1.165, 1.54) is 32.1 Å². The Labute approximate surface area is 276 Å². The highest BCUT2D eigenvalue weighted by atomic mass is 16.5. The van der Waals surface area contributed by atoms with E-state index in [4.69, 9.17) is 20.3 Å². The minimum Gasteiger partial charge on any atom is -0.480 e. The van der Waals surface area contributed by atoms with Crippen molar-refractivity contribution in [3.63, 3.8) is 0 Å². The van der Waals surface area contributed by atoms with Gasteiger partial charge >= 0.3 is 5.97 Å². The zero-order valence-electron chi connectivity index (χ0n) is 27.3. The van der Waals surface area contributed by atoms with Crippen molar-refractivity contribution in [1.29, 1.82) is 0 Å². The number of likely N-dealkylation sites (tertiary alicyclic amines) is 1. The standard InChI is InChI=1S/C33H50N10O4/c34-26(32(45)46)13-14-30(44)43-20-15-24(16-21-43)38-31-25-10-4-5-11-27(25)39-33(41-31)37-22-28-40-29(47-42-28)12-6-17-35-18-7-19-36-23-8-2-1-3-9-23/h4-5,10-11,23-24,26,35-36H,1-3,6-9,12-22,34H2,(H,45,46)(H2,37,38,39,41)/t26-/m0/s1. The van der Waals surface area contributed by atoms with Crippen molar-refractivity contribution in [2.24, 2.45) is 5.73 Å². The van der Waals surface area contributed by atoms with Gasteiger partial charge in [-0.25, -0.2) is 4.98 Å². The summed E-state index contributed by atoms with van der Waals surface area (Å²) in [6.07, 6.45) is 11.3. The number of nitrogens with zero attached hydrogens (tertiary/aromatic N) is 5. The van der Waals surface area contributed by atoms with Crippen molar-refractivity contribution >= 4 is 34.5 Å². The van der Waals surface area contributed by atoms with Crippen LogP contribution in [-0.4, -0.2) is 92.8 Å². The zero-order valence-corrected chi connectivity index (χ0v) is 27.3. The van der Waals surface area contributed by atoms with Crippen molar-refractivity contribution in [3.8, 4) is 0 Å². The molecule has 1 aliphatic heterocycles. The van der Waals surface area contributed by atoms with Crippen LogP contribution in [-0.2, 0) is 22.6 Å². The fourth-order valence-electron chi connectivity index (χ4n) is 6.23. The number of piperidine rings is 1. The minimum atomic E-state index is -1.09. The third-order valence-electron chi connectivity index (χ3n) is 9.01. The first-order valence-corrected chi connectivity index (χ1v) is 17.2. The van der Waals surface area contributed by atoms with E-state index in [-0.39, 0.29) is 24.8 Å². The number of hydrogen-bond donors (Lipinski definition) is 6. The van der Waals surface area contributed by atoms with E-state index < -0.39 is 12.0 Å². The molecule has 0 spiro atoms. The van der Waals surface area contributed by atoms with Gasteiger partial charge in [0.05, 0.1) is 12.1 Å². The van der Waals surface area contributed by atoms with Gasteiger partial charge in [0, 0.05) is 43.4 Å². The van der Waals surface area contributed by atoms with E-state index in [1.54, 1.807) is 4.90 Å². The van der Waals surface area contributed by atoms with E-state index in [0.717, 1.165) is 74.5 Å². The highest BCUT2D eigenvalue weighted by molar-refractivity contribution is 5.90. The lowest BCUT2D eigenvalue weighted by atomic mass is 9.95. The Morgan fingerprint density at radius 2 is 1.77 bits per heavy atom. The number of fused-ring (bicyclic) bond motifs is 1. The number of amides is 1. The quantitative estimate of drug-likeness (QED) is 0.110. The lowest BCUT2D eigenvalue weighted by Gasteiger charge is -2.33. The van der Waals surface area contributed by atoms with Crippen molar-refractivity contribution in [1.82, 2.24) is 35.6 Å². The van der Waals surface area contributed by atoms with Crippen molar-refractivity contribution in [3.05, 3.63) is 36.0 Å². The van der Waals surface area contributed by atoms with Crippen molar-refractivity contribution < 1.29 is 19.2 Å². The molecule has 2 aromatic heterocycles. The maximum absolute atomic E-state index is 12.6. The van der Waals surface area contributed by atoms with Crippen LogP contribution in [0.2, 0.25) is 0 Å². The highest BCUT2D eigenvalue weighted by Gasteiger charge is 2.25. The zero-order chi connectivity index (χ0) is 32.8. The number of hydrogen-bond acceptors (Lipinski definition) is 12. The maximum Gasteiger partial charge on any atom is 0.320 e. The summed E-state index contributed by atoms with van der Waals surface area (Å²) in [5, 5.41) is 28.0. The van der Waals surface area contributed by atoms with E-state index in [1.807, 2.05) is 24.3 Å². The molecule has 0 unspecified atom stereocenters. The number of anilines is 2. The lowest BCUT2D eigenvalue weighted by Crippen LogP contribution is -2.43. The molecule has 47 heavy (non-hydrogen) atoms. The molecule has 3 aromatic rings. The van der Waals surface area contributed by atoms with Crippen molar-refractivity contribution in [2.75, 3.05) is 43.4 Å². The van der Waals surface area contributed by atoms with E-state index in [0.29, 0.717) is 37.3 Å². The van der Waals surface area contributed by atoms with Crippen LogP contribution in [0.1, 0.15) is 82.3 Å². The number of aryl methyl sites for hydroxylation is 1. The van der Waals surface area contributed by atoms with Gasteiger partial charge in [-0.3, -0.25) is 9.59 Å². The molecule has 2 fully saturated rings. The Kier molecular flexibility index (Phi) is 13.1. The Bertz CT molecular complexity index is 1420. The maximum atomic E-state index is 12.6. The van der Waals surface area contributed by atoms with Crippen LogP contribution in [0.15, 0.2) is 28.8 Å². The van der Waals surface area contributed by atoms with Gasteiger partial charge in [-0.05, 0) is 76.7 Å². The van der Waals surface area contributed by atoms with Crippen LogP contribution in [0, 0.1) is 0 Å². The molecule has 7 N–H and O–H groups in total. The largest absolute Gasteiger partial charge is 0.480 e. The number of benzene rings is 1. The van der Waals surface area contributed by atoms with Crippen LogP contribution in [0.5, 0.6) is 0 Å². The van der Waals surface area contributed by atoms with Crippen molar-refractivity contribution in [2.45, 2.75) is 102 Å².